The number of nitrogens with two attached hydrogens (primary N) is 1. The van der Waals surface area contributed by atoms with Crippen LogP contribution in [0.1, 0.15) is 0 Å². The van der Waals surface area contributed by atoms with Crippen molar-refractivity contribution in [1.82, 2.24) is 0 Å². The van der Waals surface area contributed by atoms with Gasteiger partial charge in [-0.15, -0.1) is 0 Å². The predicted octanol–water partition coefficient (Wildman–Crippen LogP) is 0.360. The molecule has 0 bridgehead atoms. The zero-order valence-corrected chi connectivity index (χ0v) is 3.28. The molecule has 0 radical (unpaired) electrons. The molecule has 0 atom stereocenters. The van der Waals surface area contributed by atoms with Crippen LogP contribution < -0.4 is 5.73 Å². The summed E-state index contributed by atoms with van der Waals surface area (Å²) in [5.41, 5.74) is 4.82. The summed E-state index contributed by atoms with van der Waals surface area (Å²) in [7, 11) is 0. The summed E-state index contributed by atoms with van der Waals surface area (Å²) in [6.45, 7) is 3.11. The maximum absolute atomic E-state index is 10.7. The molecule has 0 aromatic heterocycles. The van der Waals surface area contributed by atoms with Crippen LogP contribution in [0.2, 0.25) is 0 Å². The van der Waals surface area contributed by atoms with Crippen LogP contribution in [0.15, 0.2) is 12.3 Å². The Morgan fingerprint density at radius 1 is 2.00 bits per heavy atom. The third kappa shape index (κ3) is 1.72. The molecule has 36 valence electrons. The lowest BCUT2D eigenvalue weighted by molar-refractivity contribution is -0.0828. The molecule has 2 N–H and O–H groups in total. The van der Waals surface area contributed by atoms with Crippen molar-refractivity contribution in [3.05, 3.63) is 12.3 Å². The highest BCUT2D eigenvalue weighted by molar-refractivity contribution is 4.80. The Labute approximate surface area is 35.3 Å². The fourth-order valence-electron chi connectivity index (χ4n) is 0.0315. The second-order valence-electron chi connectivity index (χ2n) is 0.820. The molecule has 6 heavy (non-hydrogen) atoms. The van der Waals surface area contributed by atoms with Crippen molar-refractivity contribution in [3.63, 3.8) is 0 Å². The Kier molecular flexibility index (Phi) is 2.40. The fourth-order valence-corrected chi connectivity index (χ4v) is 0.0315. The van der Waals surface area contributed by atoms with Gasteiger partial charge < -0.3 is 5.73 Å². The first-order valence-corrected chi connectivity index (χ1v) is 1.47. The first-order chi connectivity index (χ1) is 2.81. The van der Waals surface area contributed by atoms with Gasteiger partial charge in [-0.2, -0.15) is 0 Å². The van der Waals surface area contributed by atoms with Gasteiger partial charge in [0.25, 0.3) is 0 Å². The van der Waals surface area contributed by atoms with Gasteiger partial charge >= 0.3 is 0 Å². The van der Waals surface area contributed by atoms with E-state index in [4.69, 9.17) is 5.73 Å². The molecule has 0 spiro atoms. The van der Waals surface area contributed by atoms with E-state index in [2.05, 4.69) is 11.5 Å². The Bertz CT molecular complexity index is 48.8. The van der Waals surface area contributed by atoms with Crippen LogP contribution in [0.3, 0.4) is 0 Å². The van der Waals surface area contributed by atoms with E-state index in [1.54, 1.807) is 0 Å². The van der Waals surface area contributed by atoms with Crippen LogP contribution in [-0.4, -0.2) is 6.54 Å². The molecule has 0 amide bonds. The highest BCUT2D eigenvalue weighted by Crippen LogP contribution is 1.85. The molecule has 0 heterocycles. The van der Waals surface area contributed by atoms with Gasteiger partial charge in [0.1, 0.15) is 0 Å². The Balaban J connectivity index is 2.99. The van der Waals surface area contributed by atoms with Crippen molar-refractivity contribution < 1.29 is 9.47 Å². The van der Waals surface area contributed by atoms with E-state index in [0.29, 0.717) is 0 Å². The van der Waals surface area contributed by atoms with Gasteiger partial charge in [-0.3, -0.25) is 4.94 Å². The molecule has 3 heteroatoms. The summed E-state index contributed by atoms with van der Waals surface area (Å²) in [5.74, 6) is -0.0463. The average molecular weight is 91.1 g/mol. The van der Waals surface area contributed by atoms with Crippen molar-refractivity contribution in [3.8, 4) is 0 Å². The quantitative estimate of drug-likeness (QED) is 0.498. The first kappa shape index (κ1) is 5.43. The van der Waals surface area contributed by atoms with Gasteiger partial charge in [-0.05, 0) is 0 Å². The van der Waals surface area contributed by atoms with E-state index in [1.807, 2.05) is 0 Å². The number of hydrogen-bond acceptors (Lipinski definition) is 2. The molecule has 0 fully saturated rings. The maximum atomic E-state index is 10.7. The van der Waals surface area contributed by atoms with Gasteiger partial charge in [-0.25, -0.2) is 0 Å². The van der Waals surface area contributed by atoms with Crippen molar-refractivity contribution >= 4 is 0 Å². The van der Waals surface area contributed by atoms with Crippen LogP contribution in [-0.2, 0) is 4.94 Å². The first-order valence-electron chi connectivity index (χ1n) is 1.47. The van der Waals surface area contributed by atoms with E-state index in [1.165, 1.54) is 0 Å². The molecule has 0 unspecified atom stereocenters. The molecule has 0 aromatic rings. The SMILES string of the molecule is C=C(CN)OF. The van der Waals surface area contributed by atoms with Gasteiger partial charge in [-0.1, -0.05) is 6.58 Å². The van der Waals surface area contributed by atoms with Crippen molar-refractivity contribution in [1.29, 1.82) is 0 Å². The minimum absolute atomic E-state index is 0.0382. The summed E-state index contributed by atoms with van der Waals surface area (Å²) < 4.78 is 10.7. The van der Waals surface area contributed by atoms with Crippen molar-refractivity contribution in [2.24, 2.45) is 5.73 Å². The number of rotatable bonds is 2. The summed E-state index contributed by atoms with van der Waals surface area (Å²) in [4.78, 5) is 3.08. The second kappa shape index (κ2) is 2.66. The third-order valence-corrected chi connectivity index (χ3v) is 0.337. The molecule has 0 aromatic carbocycles. The lowest BCUT2D eigenvalue weighted by atomic mass is 10.6. The molecular formula is C3H6FNO. The van der Waals surface area contributed by atoms with Crippen LogP contribution in [0, 0.1) is 0 Å². The van der Waals surface area contributed by atoms with Crippen LogP contribution in [0.25, 0.3) is 0 Å². The van der Waals surface area contributed by atoms with Crippen molar-refractivity contribution in [2.75, 3.05) is 6.54 Å². The highest BCUT2D eigenvalue weighted by Gasteiger charge is 1.83. The predicted molar refractivity (Wildman–Crippen MR) is 20.4 cm³/mol. The van der Waals surface area contributed by atoms with Gasteiger partial charge in [0.05, 0.1) is 6.54 Å². The average Bonchev–Trinajstić information content (AvgIpc) is 1.65. The highest BCUT2D eigenvalue weighted by atomic mass is 19.3. The Morgan fingerprint density at radius 3 is 2.50 bits per heavy atom. The zero-order chi connectivity index (χ0) is 4.99. The Morgan fingerprint density at radius 2 is 2.50 bits per heavy atom. The molecule has 0 rings (SSSR count). The zero-order valence-electron chi connectivity index (χ0n) is 3.28. The van der Waals surface area contributed by atoms with E-state index in [0.717, 1.165) is 0 Å². The second-order valence-corrected chi connectivity index (χ2v) is 0.820. The number of halogens is 1. The smallest absolute Gasteiger partial charge is 0.155 e. The van der Waals surface area contributed by atoms with Crippen LogP contribution in [0.5, 0.6) is 0 Å². The lowest BCUT2D eigenvalue weighted by Crippen LogP contribution is -2.00. The van der Waals surface area contributed by atoms with E-state index >= 15 is 0 Å². The van der Waals surface area contributed by atoms with E-state index in [-0.39, 0.29) is 12.3 Å². The van der Waals surface area contributed by atoms with E-state index in [9.17, 15) is 4.53 Å². The minimum atomic E-state index is -0.0463. The molecule has 0 saturated heterocycles. The molecular weight excluding hydrogens is 85.0 g/mol. The topological polar surface area (TPSA) is 35.2 Å². The lowest BCUT2D eigenvalue weighted by Gasteiger charge is -1.87. The standard InChI is InChI=1S/C3H6FNO/c1-3(2-5)6-4/h1-2,5H2. The normalized spacial score (nSPS) is 7.67. The summed E-state index contributed by atoms with van der Waals surface area (Å²) in [6, 6.07) is 0. The minimum Gasteiger partial charge on any atom is -0.324 e. The summed E-state index contributed by atoms with van der Waals surface area (Å²) in [5, 5.41) is 0. The van der Waals surface area contributed by atoms with Gasteiger partial charge in [0, 0.05) is 4.53 Å². The maximum Gasteiger partial charge on any atom is 0.155 e. The van der Waals surface area contributed by atoms with E-state index < -0.39 is 0 Å². The Hall–Kier alpha value is -0.570. The van der Waals surface area contributed by atoms with Crippen LogP contribution >= 0.6 is 0 Å². The fraction of sp³-hybridized carbons (Fsp3) is 0.333. The van der Waals surface area contributed by atoms with Gasteiger partial charge in [0.2, 0.25) is 0 Å². The molecule has 0 aliphatic heterocycles. The van der Waals surface area contributed by atoms with Crippen LogP contribution in [0.4, 0.5) is 4.53 Å². The third-order valence-electron chi connectivity index (χ3n) is 0.337. The molecule has 0 saturated carbocycles. The molecule has 0 aliphatic rings. The largest absolute Gasteiger partial charge is 0.324 e. The monoisotopic (exact) mass is 91.0 g/mol. The molecule has 2 nitrogen and oxygen atoms in total. The van der Waals surface area contributed by atoms with Gasteiger partial charge in [0.15, 0.2) is 5.76 Å². The van der Waals surface area contributed by atoms with Crippen molar-refractivity contribution in [2.45, 2.75) is 0 Å². The summed E-state index contributed by atoms with van der Waals surface area (Å²) >= 11 is 0. The molecule has 0 aliphatic carbocycles. The summed E-state index contributed by atoms with van der Waals surface area (Å²) in [6.07, 6.45) is 0. The number of hydrogen-bond donors (Lipinski definition) is 1.